The van der Waals surface area contributed by atoms with Gasteiger partial charge in [-0.25, -0.2) is 18.6 Å². The van der Waals surface area contributed by atoms with Crippen molar-refractivity contribution < 1.29 is 31.5 Å². The molecule has 0 N–H and O–H groups in total. The van der Waals surface area contributed by atoms with Gasteiger partial charge in [0.1, 0.15) is 22.7 Å². The molecule has 4 rings (SSSR count). The molecule has 1 aromatic carbocycles. The molecule has 0 bridgehead atoms. The fourth-order valence-corrected chi connectivity index (χ4v) is 5.05. The molecule has 2 fully saturated rings. The minimum Gasteiger partial charge on any atom is -0.320 e. The van der Waals surface area contributed by atoms with Crippen molar-refractivity contribution in [1.29, 1.82) is 5.26 Å². The van der Waals surface area contributed by atoms with Crippen LogP contribution in [-0.4, -0.2) is 72.5 Å². The number of carbonyl (C=O) groups excluding carboxylic acids is 2. The maximum absolute atomic E-state index is 14.7. The average molecular weight is 585 g/mol. The number of nitriles is 1. The summed E-state index contributed by atoms with van der Waals surface area (Å²) >= 11 is 5.67. The summed E-state index contributed by atoms with van der Waals surface area (Å²) in [6.45, 7) is 3.01. The largest absolute Gasteiger partial charge is 0.416 e. The summed E-state index contributed by atoms with van der Waals surface area (Å²) in [6, 6.07) is 3.55. The van der Waals surface area contributed by atoms with Crippen molar-refractivity contribution in [3.8, 4) is 6.07 Å². The van der Waals surface area contributed by atoms with Gasteiger partial charge in [-0.15, -0.1) is 0 Å². The number of likely N-dealkylation sites (N-methyl/N-ethyl adjacent to an activating group) is 1. The van der Waals surface area contributed by atoms with Crippen LogP contribution in [0.25, 0.3) is 0 Å². The maximum Gasteiger partial charge on any atom is 0.416 e. The molecule has 214 valence electrons. The number of halogens is 6. The molecule has 0 unspecified atom stereocenters. The number of benzene rings is 1. The molecule has 2 saturated heterocycles. The maximum atomic E-state index is 14.7. The van der Waals surface area contributed by atoms with Gasteiger partial charge in [0.25, 0.3) is 5.91 Å². The number of aromatic nitrogens is 1. The number of aryl methyl sites for hydroxylation is 1. The van der Waals surface area contributed by atoms with Crippen LogP contribution in [0.4, 0.5) is 38.3 Å². The summed E-state index contributed by atoms with van der Waals surface area (Å²) < 4.78 is 69.2. The second-order valence-corrected chi connectivity index (χ2v) is 10.2. The molecule has 14 heteroatoms. The lowest BCUT2D eigenvalue weighted by Crippen LogP contribution is -2.47. The predicted octanol–water partition coefficient (Wildman–Crippen LogP) is 4.85. The number of hydrogen-bond acceptors (Lipinski definition) is 5. The van der Waals surface area contributed by atoms with Crippen LogP contribution < -0.4 is 9.80 Å². The number of rotatable bonds is 6. The highest BCUT2D eigenvalue weighted by atomic mass is 35.5. The summed E-state index contributed by atoms with van der Waals surface area (Å²) in [5.74, 6) is -3.47. The first-order valence-electron chi connectivity index (χ1n) is 12.5. The number of likely N-dealkylation sites (tertiary alicyclic amines) is 1. The van der Waals surface area contributed by atoms with E-state index in [-0.39, 0.29) is 36.2 Å². The van der Waals surface area contributed by atoms with Crippen molar-refractivity contribution in [3.63, 3.8) is 0 Å². The molecule has 1 atom stereocenters. The van der Waals surface area contributed by atoms with Crippen molar-refractivity contribution in [3.05, 3.63) is 52.2 Å². The van der Waals surface area contributed by atoms with Gasteiger partial charge in [-0.2, -0.15) is 18.4 Å². The molecule has 0 saturated carbocycles. The van der Waals surface area contributed by atoms with E-state index in [2.05, 4.69) is 16.0 Å². The van der Waals surface area contributed by atoms with Crippen LogP contribution in [0.15, 0.2) is 24.3 Å². The Kier molecular flexibility index (Phi) is 8.51. The highest BCUT2D eigenvalue weighted by Crippen LogP contribution is 2.35. The SMILES string of the molecule is Cc1cc(C(F)(F)F)cc(N2C(=O)N(CCN3CCC(C#N)CC3)C[C@H]2C(=O)N(C)c2ccc(F)c(Cl)c2F)n1. The molecule has 3 heterocycles. The smallest absolute Gasteiger partial charge is 0.320 e. The van der Waals surface area contributed by atoms with E-state index >= 15 is 0 Å². The number of amides is 3. The number of pyridine rings is 1. The highest BCUT2D eigenvalue weighted by molar-refractivity contribution is 6.31. The molecule has 2 aromatic rings. The van der Waals surface area contributed by atoms with E-state index in [1.165, 1.54) is 18.9 Å². The van der Waals surface area contributed by atoms with E-state index in [1.54, 1.807) is 0 Å². The predicted molar refractivity (Wildman–Crippen MR) is 137 cm³/mol. The average Bonchev–Trinajstić information content (AvgIpc) is 3.25. The van der Waals surface area contributed by atoms with Gasteiger partial charge in [0.15, 0.2) is 5.82 Å². The third-order valence-corrected chi connectivity index (χ3v) is 7.49. The Morgan fingerprint density at radius 3 is 2.50 bits per heavy atom. The minimum absolute atomic E-state index is 0.0210. The number of anilines is 2. The van der Waals surface area contributed by atoms with E-state index < -0.39 is 46.4 Å². The van der Waals surface area contributed by atoms with Crippen LogP contribution in [0, 0.1) is 35.8 Å². The molecular formula is C26H26ClF5N6O2. The first kappa shape index (κ1) is 29.5. The van der Waals surface area contributed by atoms with Gasteiger partial charge in [0.05, 0.1) is 23.9 Å². The molecule has 8 nitrogen and oxygen atoms in total. The molecule has 2 aliphatic rings. The van der Waals surface area contributed by atoms with Crippen LogP contribution in [-0.2, 0) is 11.0 Å². The summed E-state index contributed by atoms with van der Waals surface area (Å²) in [7, 11) is 1.20. The van der Waals surface area contributed by atoms with Crippen molar-refractivity contribution in [2.45, 2.75) is 32.0 Å². The zero-order valence-corrected chi connectivity index (χ0v) is 22.4. The van der Waals surface area contributed by atoms with Crippen molar-refractivity contribution in [2.24, 2.45) is 5.92 Å². The van der Waals surface area contributed by atoms with Crippen molar-refractivity contribution in [2.75, 3.05) is 49.6 Å². The quantitative estimate of drug-likeness (QED) is 0.358. The normalized spacial score (nSPS) is 18.8. The number of alkyl halides is 3. The highest BCUT2D eigenvalue weighted by Gasteiger charge is 2.45. The van der Waals surface area contributed by atoms with Crippen molar-refractivity contribution in [1.82, 2.24) is 14.8 Å². The van der Waals surface area contributed by atoms with Crippen LogP contribution in [0.5, 0.6) is 0 Å². The van der Waals surface area contributed by atoms with E-state index in [0.717, 1.165) is 28.0 Å². The Bertz CT molecular complexity index is 1340. The Morgan fingerprint density at radius 2 is 1.88 bits per heavy atom. The third kappa shape index (κ3) is 5.97. The second-order valence-electron chi connectivity index (χ2n) is 9.80. The Balaban J connectivity index is 1.64. The fraction of sp³-hybridized carbons (Fsp3) is 0.462. The van der Waals surface area contributed by atoms with Gasteiger partial charge in [-0.05, 0) is 57.1 Å². The summed E-state index contributed by atoms with van der Waals surface area (Å²) in [6.07, 6.45) is -3.37. The number of carbonyl (C=O) groups is 2. The van der Waals surface area contributed by atoms with Crippen LogP contribution in [0.3, 0.4) is 0 Å². The minimum atomic E-state index is -4.73. The topological polar surface area (TPSA) is 83.8 Å². The zero-order chi connectivity index (χ0) is 29.4. The summed E-state index contributed by atoms with van der Waals surface area (Å²) in [5.41, 5.74) is -1.43. The molecule has 3 amide bonds. The van der Waals surface area contributed by atoms with Crippen LogP contribution in [0.1, 0.15) is 24.1 Å². The standard InChI is InChI=1S/C26H26ClF5N6O2/c1-15-11-17(26(30,31)32)12-21(34-15)38-20(24(39)35(2)19-4-3-18(28)22(27)23(19)29)14-37(25(38)40)10-9-36-7-5-16(13-33)6-8-36/h3-4,11-12,16,20H,5-10,14H2,1-2H3/t20-/m0/s1. The Hall–Kier alpha value is -3.50. The van der Waals surface area contributed by atoms with Gasteiger partial charge in [0.2, 0.25) is 0 Å². The van der Waals surface area contributed by atoms with Gasteiger partial charge < -0.3 is 14.7 Å². The summed E-state index contributed by atoms with van der Waals surface area (Å²) in [4.78, 5) is 36.4. The fourth-order valence-electron chi connectivity index (χ4n) is 4.89. The van der Waals surface area contributed by atoms with Gasteiger partial charge in [0, 0.05) is 31.7 Å². The molecule has 0 aliphatic carbocycles. The number of urea groups is 1. The number of hydrogen-bond donors (Lipinski definition) is 0. The van der Waals surface area contributed by atoms with Crippen molar-refractivity contribution >= 4 is 35.0 Å². The molecule has 1 aromatic heterocycles. The lowest BCUT2D eigenvalue weighted by Gasteiger charge is -2.30. The monoisotopic (exact) mass is 584 g/mol. The molecule has 2 aliphatic heterocycles. The molecular weight excluding hydrogens is 559 g/mol. The van der Waals surface area contributed by atoms with Crippen LogP contribution >= 0.6 is 11.6 Å². The van der Waals surface area contributed by atoms with Crippen LogP contribution in [0.2, 0.25) is 5.02 Å². The Labute approximate surface area is 232 Å². The third-order valence-electron chi connectivity index (χ3n) is 7.14. The van der Waals surface area contributed by atoms with E-state index in [9.17, 15) is 31.5 Å². The number of nitrogens with zero attached hydrogens (tertiary/aromatic N) is 6. The van der Waals surface area contributed by atoms with E-state index in [0.29, 0.717) is 38.5 Å². The second kappa shape index (κ2) is 11.5. The molecule has 0 radical (unpaired) electrons. The Morgan fingerprint density at radius 1 is 1.20 bits per heavy atom. The van der Waals surface area contributed by atoms with Gasteiger partial charge in [-0.3, -0.25) is 9.69 Å². The van der Waals surface area contributed by atoms with E-state index in [4.69, 9.17) is 16.9 Å². The molecule has 0 spiro atoms. The zero-order valence-electron chi connectivity index (χ0n) is 21.7. The van der Waals surface area contributed by atoms with Gasteiger partial charge in [-0.1, -0.05) is 11.6 Å². The first-order chi connectivity index (χ1) is 18.8. The summed E-state index contributed by atoms with van der Waals surface area (Å²) in [5, 5.41) is 8.28. The van der Waals surface area contributed by atoms with Gasteiger partial charge >= 0.3 is 12.2 Å². The van der Waals surface area contributed by atoms with E-state index in [1.807, 2.05) is 0 Å². The molecule has 40 heavy (non-hydrogen) atoms. The first-order valence-corrected chi connectivity index (χ1v) is 12.9. The lowest BCUT2D eigenvalue weighted by atomic mass is 9.99. The lowest BCUT2D eigenvalue weighted by molar-refractivity contribution is -0.137. The number of piperidine rings is 1.